The van der Waals surface area contributed by atoms with Crippen LogP contribution in [-0.2, 0) is 13.3 Å². The number of rotatable bonds is 5. The summed E-state index contributed by atoms with van der Waals surface area (Å²) in [6.07, 6.45) is 1.74. The van der Waals surface area contributed by atoms with E-state index in [1.807, 2.05) is 0 Å². The molecule has 0 aromatic carbocycles. The van der Waals surface area contributed by atoms with Gasteiger partial charge in [0, 0.05) is 27.4 Å². The quantitative estimate of drug-likeness (QED) is 0.495. The Bertz CT molecular complexity index is 97.7. The molecule has 0 aromatic rings. The molecule has 5 heteroatoms. The Balaban J connectivity index is 0. The second-order valence-electron chi connectivity index (χ2n) is 1.79. The van der Waals surface area contributed by atoms with Crippen LogP contribution in [-0.4, -0.2) is 30.1 Å². The summed E-state index contributed by atoms with van der Waals surface area (Å²) in [6.45, 7) is 3.58. The van der Waals surface area contributed by atoms with Crippen LogP contribution in [0.15, 0.2) is 12.7 Å². The lowest BCUT2D eigenvalue weighted by molar-refractivity contribution is 0.127. The van der Waals surface area contributed by atoms with Crippen LogP contribution in [0.4, 0.5) is 0 Å². The Morgan fingerprint density at radius 3 is 1.64 bits per heavy atom. The lowest BCUT2D eigenvalue weighted by Crippen LogP contribution is -2.41. The lowest BCUT2D eigenvalue weighted by Gasteiger charge is -2.22. The largest absolute Gasteiger partial charge is 0.504 e. The zero-order valence-corrected chi connectivity index (χ0v) is 8.94. The first-order chi connectivity index (χ1) is 4.74. The fraction of sp³-hybridized carbons (Fsp3) is 0.667. The summed E-state index contributed by atoms with van der Waals surface area (Å²) in [7, 11) is 2.42. The van der Waals surface area contributed by atoms with Crippen LogP contribution in [0.2, 0.25) is 6.04 Å². The number of allylic oxidation sites excluding steroid dienone is 1. The van der Waals surface area contributed by atoms with Gasteiger partial charge in [0.1, 0.15) is 0 Å². The highest BCUT2D eigenvalue weighted by molar-refractivity contribution is 6.61. The predicted octanol–water partition coefficient (Wildman–Crippen LogP) is 1.47. The molecule has 68 valence electrons. The van der Waals surface area contributed by atoms with E-state index in [1.54, 1.807) is 27.4 Å². The van der Waals surface area contributed by atoms with E-state index in [-0.39, 0.29) is 12.4 Å². The van der Waals surface area contributed by atoms with Gasteiger partial charge in [-0.15, -0.1) is 19.0 Å². The van der Waals surface area contributed by atoms with E-state index in [2.05, 4.69) is 6.58 Å². The Morgan fingerprint density at radius 2 is 1.55 bits per heavy atom. The molecular weight excluding hydrogens is 184 g/mol. The van der Waals surface area contributed by atoms with Gasteiger partial charge >= 0.3 is 8.80 Å². The van der Waals surface area contributed by atoms with Gasteiger partial charge in [-0.05, 0) is 0 Å². The van der Waals surface area contributed by atoms with Gasteiger partial charge in [0.15, 0.2) is 0 Å². The highest BCUT2D eigenvalue weighted by Gasteiger charge is 2.35. The van der Waals surface area contributed by atoms with Crippen molar-refractivity contribution >= 4 is 21.2 Å². The Morgan fingerprint density at radius 1 is 1.18 bits per heavy atom. The molecule has 0 unspecified atom stereocenters. The van der Waals surface area contributed by atoms with E-state index in [0.717, 1.165) is 0 Å². The topological polar surface area (TPSA) is 27.7 Å². The highest BCUT2D eigenvalue weighted by atomic mass is 35.5. The molecule has 11 heavy (non-hydrogen) atoms. The first-order valence-electron chi connectivity index (χ1n) is 3.01. The summed E-state index contributed by atoms with van der Waals surface area (Å²) < 4.78 is 15.3. The summed E-state index contributed by atoms with van der Waals surface area (Å²) in [5.74, 6) is 0. The number of hydrogen-bond donors (Lipinski definition) is 0. The third-order valence-electron chi connectivity index (χ3n) is 1.33. The van der Waals surface area contributed by atoms with E-state index < -0.39 is 8.80 Å². The lowest BCUT2D eigenvalue weighted by atomic mass is 10.8. The van der Waals surface area contributed by atoms with Crippen molar-refractivity contribution in [2.75, 3.05) is 21.3 Å². The molecule has 0 aromatic heterocycles. The van der Waals surface area contributed by atoms with Crippen LogP contribution in [0, 0.1) is 0 Å². The molecule has 0 spiro atoms. The van der Waals surface area contributed by atoms with Gasteiger partial charge < -0.3 is 13.3 Å². The molecule has 0 rings (SSSR count). The maximum atomic E-state index is 5.10. The normalized spacial score (nSPS) is 10.5. The summed E-state index contributed by atoms with van der Waals surface area (Å²) in [5.41, 5.74) is 0. The first-order valence-corrected chi connectivity index (χ1v) is 4.94. The van der Waals surface area contributed by atoms with E-state index >= 15 is 0 Å². The molecule has 0 N–H and O–H groups in total. The molecule has 0 atom stereocenters. The molecule has 0 fully saturated rings. The average molecular weight is 199 g/mol. The minimum absolute atomic E-state index is 0. The zero-order valence-electron chi connectivity index (χ0n) is 7.12. The maximum Gasteiger partial charge on any atom is 0.504 e. The van der Waals surface area contributed by atoms with Crippen LogP contribution in [0.5, 0.6) is 0 Å². The fourth-order valence-electron chi connectivity index (χ4n) is 0.677. The summed E-state index contributed by atoms with van der Waals surface area (Å²) in [4.78, 5) is 0. The molecule has 0 heterocycles. The number of hydrogen-bond acceptors (Lipinski definition) is 3. The van der Waals surface area contributed by atoms with Crippen molar-refractivity contribution in [3.63, 3.8) is 0 Å². The minimum Gasteiger partial charge on any atom is -0.377 e. The standard InChI is InChI=1S/C6H14O3Si.ClH/c1-5-6-10(7-2,8-3)9-4;/h5H,1,6H2,2-4H3;1H. The van der Waals surface area contributed by atoms with E-state index in [1.165, 1.54) is 0 Å². The summed E-state index contributed by atoms with van der Waals surface area (Å²) in [5, 5.41) is 0. The molecule has 0 aliphatic heterocycles. The van der Waals surface area contributed by atoms with Crippen molar-refractivity contribution in [1.29, 1.82) is 0 Å². The zero-order chi connectivity index (χ0) is 8.04. The Kier molecular flexibility index (Phi) is 8.49. The van der Waals surface area contributed by atoms with Crippen LogP contribution in [0.1, 0.15) is 0 Å². The smallest absolute Gasteiger partial charge is 0.377 e. The van der Waals surface area contributed by atoms with Crippen molar-refractivity contribution in [1.82, 2.24) is 0 Å². The van der Waals surface area contributed by atoms with Gasteiger partial charge in [-0.1, -0.05) is 6.08 Å². The van der Waals surface area contributed by atoms with Gasteiger partial charge in [-0.25, -0.2) is 0 Å². The fourth-order valence-corrected chi connectivity index (χ4v) is 2.03. The molecule has 0 radical (unpaired) electrons. The molecular formula is C6H15ClO3Si. The minimum atomic E-state index is -2.34. The highest BCUT2D eigenvalue weighted by Crippen LogP contribution is 2.11. The Hall–Kier alpha value is 0.127. The van der Waals surface area contributed by atoms with Crippen LogP contribution >= 0.6 is 12.4 Å². The van der Waals surface area contributed by atoms with Crippen molar-refractivity contribution in [2.45, 2.75) is 6.04 Å². The van der Waals surface area contributed by atoms with Crippen molar-refractivity contribution in [3.05, 3.63) is 12.7 Å². The summed E-state index contributed by atoms with van der Waals surface area (Å²) in [6, 6.07) is 0.649. The summed E-state index contributed by atoms with van der Waals surface area (Å²) >= 11 is 0. The maximum absolute atomic E-state index is 5.10. The van der Waals surface area contributed by atoms with Gasteiger partial charge in [0.2, 0.25) is 0 Å². The molecule has 0 amide bonds. The van der Waals surface area contributed by atoms with E-state index in [9.17, 15) is 0 Å². The molecule has 0 aliphatic carbocycles. The molecule has 0 bridgehead atoms. The third-order valence-corrected chi connectivity index (χ3v) is 3.98. The Labute approximate surface area is 75.1 Å². The third kappa shape index (κ3) is 3.88. The average Bonchev–Trinajstić information content (AvgIpc) is 2.01. The molecule has 3 nitrogen and oxygen atoms in total. The second-order valence-corrected chi connectivity index (χ2v) is 4.79. The van der Waals surface area contributed by atoms with Crippen molar-refractivity contribution < 1.29 is 13.3 Å². The van der Waals surface area contributed by atoms with Crippen LogP contribution in [0.3, 0.4) is 0 Å². The van der Waals surface area contributed by atoms with Crippen LogP contribution in [0.25, 0.3) is 0 Å². The molecule has 0 aliphatic rings. The van der Waals surface area contributed by atoms with Crippen molar-refractivity contribution in [2.24, 2.45) is 0 Å². The van der Waals surface area contributed by atoms with E-state index in [4.69, 9.17) is 13.3 Å². The van der Waals surface area contributed by atoms with Gasteiger partial charge in [0.25, 0.3) is 0 Å². The van der Waals surface area contributed by atoms with Gasteiger partial charge in [-0.3, -0.25) is 0 Å². The monoisotopic (exact) mass is 198 g/mol. The first kappa shape index (κ1) is 13.7. The second kappa shape index (κ2) is 6.81. The van der Waals surface area contributed by atoms with Crippen LogP contribution < -0.4 is 0 Å². The number of halogens is 1. The van der Waals surface area contributed by atoms with Crippen molar-refractivity contribution in [3.8, 4) is 0 Å². The van der Waals surface area contributed by atoms with Gasteiger partial charge in [-0.2, -0.15) is 0 Å². The molecule has 0 saturated heterocycles. The predicted molar refractivity (Wildman–Crippen MR) is 49.0 cm³/mol. The SMILES string of the molecule is C=CC[Si](OC)(OC)OC.Cl. The van der Waals surface area contributed by atoms with Gasteiger partial charge in [0.05, 0.1) is 0 Å². The van der Waals surface area contributed by atoms with E-state index in [0.29, 0.717) is 6.04 Å². The molecule has 0 saturated carbocycles.